The van der Waals surface area contributed by atoms with E-state index in [0.717, 1.165) is 23.9 Å². The summed E-state index contributed by atoms with van der Waals surface area (Å²) in [5.74, 6) is -0.239. The molecule has 188 valence electrons. The lowest BCUT2D eigenvalue weighted by atomic mass is 10.3. The summed E-state index contributed by atoms with van der Waals surface area (Å²) in [4.78, 5) is 42.9. The molecule has 0 spiro atoms. The van der Waals surface area contributed by atoms with Crippen molar-refractivity contribution in [3.8, 4) is 0 Å². The number of rotatable bonds is 11. The van der Waals surface area contributed by atoms with Crippen molar-refractivity contribution in [2.24, 2.45) is 0 Å². The Bertz CT molecular complexity index is 1290. The average molecular weight is 511 g/mol. The Labute approximate surface area is 211 Å². The zero-order chi connectivity index (χ0) is 25.3. The van der Waals surface area contributed by atoms with Gasteiger partial charge in [0.1, 0.15) is 17.3 Å². The molecule has 0 saturated carbocycles. The Morgan fingerprint density at radius 3 is 2.86 bits per heavy atom. The summed E-state index contributed by atoms with van der Waals surface area (Å²) in [5.41, 5.74) is 2.12. The lowest BCUT2D eigenvalue weighted by molar-refractivity contribution is 0.0942. The first kappa shape index (κ1) is 25.2. The fraction of sp³-hybridized carbons (Fsp3) is 0.320. The van der Waals surface area contributed by atoms with Crippen LogP contribution in [0, 0.1) is 5.82 Å². The molecule has 11 heteroatoms. The molecule has 1 aromatic carbocycles. The number of carbonyl (C=O) groups is 2. The lowest BCUT2D eigenvalue weighted by Gasteiger charge is -2.20. The molecule has 3 heterocycles. The van der Waals surface area contributed by atoms with Crippen LogP contribution in [0.25, 0.3) is 11.0 Å². The number of imidazole rings is 1. The van der Waals surface area contributed by atoms with Crippen molar-refractivity contribution in [1.29, 1.82) is 0 Å². The highest BCUT2D eigenvalue weighted by molar-refractivity contribution is 7.09. The summed E-state index contributed by atoms with van der Waals surface area (Å²) in [6, 6.07) is 10.4. The zero-order valence-corrected chi connectivity index (χ0v) is 20.7. The summed E-state index contributed by atoms with van der Waals surface area (Å²) in [7, 11) is 0. The van der Waals surface area contributed by atoms with Crippen molar-refractivity contribution in [1.82, 2.24) is 30.2 Å². The minimum Gasteiger partial charge on any atom is -0.449 e. The second kappa shape index (κ2) is 12.2. The van der Waals surface area contributed by atoms with E-state index in [0.29, 0.717) is 30.4 Å². The number of aromatic amines is 1. The van der Waals surface area contributed by atoms with Crippen LogP contribution in [0.1, 0.15) is 46.8 Å². The van der Waals surface area contributed by atoms with E-state index in [1.807, 2.05) is 31.2 Å². The van der Waals surface area contributed by atoms with Crippen molar-refractivity contribution in [2.45, 2.75) is 39.3 Å². The molecule has 0 atom stereocenters. The molecule has 9 nitrogen and oxygen atoms in total. The van der Waals surface area contributed by atoms with E-state index < -0.39 is 17.8 Å². The molecule has 4 aromatic rings. The van der Waals surface area contributed by atoms with Crippen LogP contribution in [0.5, 0.6) is 0 Å². The lowest BCUT2D eigenvalue weighted by Crippen LogP contribution is -2.33. The van der Waals surface area contributed by atoms with E-state index in [9.17, 15) is 14.0 Å². The summed E-state index contributed by atoms with van der Waals surface area (Å²) in [5, 5.41) is 4.97. The van der Waals surface area contributed by atoms with Crippen LogP contribution >= 0.6 is 11.3 Å². The molecule has 0 saturated heterocycles. The second-order valence-corrected chi connectivity index (χ2v) is 9.02. The minimum absolute atomic E-state index is 0.0345. The molecule has 2 N–H and O–H groups in total. The maximum absolute atomic E-state index is 13.7. The Balaban J connectivity index is 1.37. The minimum atomic E-state index is -0.480. The number of nitrogens with zero attached hydrogens (tertiary/aromatic N) is 4. The molecule has 0 fully saturated rings. The first-order valence-corrected chi connectivity index (χ1v) is 12.6. The SMILES string of the molecule is CCCCOC(=O)N(CCc1nc(C(=O)NCc2ncccc2F)cs1)Cc1nc2ccccc2[nH]1. The predicted octanol–water partition coefficient (Wildman–Crippen LogP) is 4.46. The van der Waals surface area contributed by atoms with Gasteiger partial charge in [0.25, 0.3) is 5.91 Å². The van der Waals surface area contributed by atoms with E-state index in [-0.39, 0.29) is 24.5 Å². The number of ether oxygens (including phenoxy) is 1. The normalized spacial score (nSPS) is 10.9. The Morgan fingerprint density at radius 2 is 2.06 bits per heavy atom. The van der Waals surface area contributed by atoms with E-state index in [2.05, 4.69) is 25.3 Å². The van der Waals surface area contributed by atoms with Crippen LogP contribution in [0.15, 0.2) is 48.0 Å². The Kier molecular flexibility index (Phi) is 8.56. The van der Waals surface area contributed by atoms with Crippen molar-refractivity contribution >= 4 is 34.4 Å². The number of nitrogens with one attached hydrogen (secondary N) is 2. The second-order valence-electron chi connectivity index (χ2n) is 8.08. The quantitative estimate of drug-likeness (QED) is 0.288. The highest BCUT2D eigenvalue weighted by Crippen LogP contribution is 2.15. The van der Waals surface area contributed by atoms with Crippen LogP contribution in [0.2, 0.25) is 0 Å². The van der Waals surface area contributed by atoms with Gasteiger partial charge in [-0.05, 0) is 30.7 Å². The van der Waals surface area contributed by atoms with Gasteiger partial charge < -0.3 is 19.9 Å². The summed E-state index contributed by atoms with van der Waals surface area (Å²) in [6.45, 7) is 2.95. The third-order valence-electron chi connectivity index (χ3n) is 5.39. The molecule has 2 amide bonds. The summed E-state index contributed by atoms with van der Waals surface area (Å²) < 4.78 is 19.2. The van der Waals surface area contributed by atoms with E-state index in [1.165, 1.54) is 29.7 Å². The number of halogens is 1. The average Bonchev–Trinajstić information content (AvgIpc) is 3.52. The fourth-order valence-corrected chi connectivity index (χ4v) is 4.22. The molecule has 0 unspecified atom stereocenters. The number of fused-ring (bicyclic) bond motifs is 1. The van der Waals surface area contributed by atoms with Crippen molar-refractivity contribution in [3.05, 3.63) is 76.0 Å². The first-order chi connectivity index (χ1) is 17.5. The van der Waals surface area contributed by atoms with Gasteiger partial charge in [0, 0.05) is 24.5 Å². The molecule has 3 aromatic heterocycles. The zero-order valence-electron chi connectivity index (χ0n) is 19.9. The van der Waals surface area contributed by atoms with E-state index >= 15 is 0 Å². The van der Waals surface area contributed by atoms with Gasteiger partial charge in [-0.2, -0.15) is 0 Å². The molecule has 36 heavy (non-hydrogen) atoms. The maximum atomic E-state index is 13.7. The number of para-hydroxylation sites is 2. The van der Waals surface area contributed by atoms with E-state index in [4.69, 9.17) is 4.74 Å². The van der Waals surface area contributed by atoms with Gasteiger partial charge in [0.05, 0.1) is 41.4 Å². The Hall–Kier alpha value is -3.86. The largest absolute Gasteiger partial charge is 0.449 e. The van der Waals surface area contributed by atoms with Gasteiger partial charge >= 0.3 is 6.09 Å². The molecule has 0 bridgehead atoms. The number of thiazole rings is 1. The number of unbranched alkanes of at least 4 members (excludes halogenated alkanes) is 1. The highest BCUT2D eigenvalue weighted by atomic mass is 32.1. The van der Waals surface area contributed by atoms with E-state index in [1.54, 1.807) is 10.3 Å². The number of aromatic nitrogens is 4. The number of hydrogen-bond acceptors (Lipinski definition) is 7. The molecule has 0 radical (unpaired) electrons. The van der Waals surface area contributed by atoms with Crippen LogP contribution in [0.4, 0.5) is 9.18 Å². The number of benzene rings is 1. The van der Waals surface area contributed by atoms with Crippen LogP contribution < -0.4 is 5.32 Å². The smallest absolute Gasteiger partial charge is 0.410 e. The summed E-state index contributed by atoms with van der Waals surface area (Å²) >= 11 is 1.32. The van der Waals surface area contributed by atoms with Crippen molar-refractivity contribution in [2.75, 3.05) is 13.2 Å². The molecular weight excluding hydrogens is 483 g/mol. The van der Waals surface area contributed by atoms with Gasteiger partial charge in [-0.15, -0.1) is 11.3 Å². The van der Waals surface area contributed by atoms with Gasteiger partial charge in [-0.3, -0.25) is 9.78 Å². The number of pyridine rings is 1. The van der Waals surface area contributed by atoms with Crippen LogP contribution in [-0.4, -0.2) is 50.0 Å². The molecule has 4 rings (SSSR count). The number of carbonyl (C=O) groups excluding carboxylic acids is 2. The Morgan fingerprint density at radius 1 is 1.19 bits per heavy atom. The predicted molar refractivity (Wildman–Crippen MR) is 134 cm³/mol. The molecule has 0 aliphatic rings. The van der Waals surface area contributed by atoms with Crippen molar-refractivity contribution in [3.63, 3.8) is 0 Å². The standard InChI is InChI=1S/C25H27FN6O3S/c1-2-3-13-35-25(34)32(15-22-29-18-8-4-5-9-19(18)30-22)12-10-23-31-21(16-36-23)24(33)28-14-20-17(26)7-6-11-27-20/h4-9,11,16H,2-3,10,12-15H2,1H3,(H,28,33)(H,29,30). The monoisotopic (exact) mass is 510 g/mol. The van der Waals surface area contributed by atoms with Crippen LogP contribution in [0.3, 0.4) is 0 Å². The van der Waals surface area contributed by atoms with Gasteiger partial charge in [-0.1, -0.05) is 25.5 Å². The highest BCUT2D eigenvalue weighted by Gasteiger charge is 2.19. The third kappa shape index (κ3) is 6.63. The molecular formula is C25H27FN6O3S. The maximum Gasteiger partial charge on any atom is 0.410 e. The molecule has 0 aliphatic heterocycles. The van der Waals surface area contributed by atoms with Gasteiger partial charge in [0.2, 0.25) is 0 Å². The van der Waals surface area contributed by atoms with Crippen LogP contribution in [-0.2, 0) is 24.2 Å². The number of amides is 2. The summed E-state index contributed by atoms with van der Waals surface area (Å²) in [6.07, 6.45) is 3.20. The molecule has 0 aliphatic carbocycles. The topological polar surface area (TPSA) is 113 Å². The number of H-pyrrole nitrogens is 1. The third-order valence-corrected chi connectivity index (χ3v) is 6.30. The van der Waals surface area contributed by atoms with Gasteiger partial charge in [-0.25, -0.2) is 19.2 Å². The first-order valence-electron chi connectivity index (χ1n) is 11.7. The van der Waals surface area contributed by atoms with Gasteiger partial charge in [0.15, 0.2) is 0 Å². The fourth-order valence-electron chi connectivity index (χ4n) is 3.45. The van der Waals surface area contributed by atoms with Crippen molar-refractivity contribution < 1.29 is 18.7 Å². The number of hydrogen-bond donors (Lipinski definition) is 2.